The monoisotopic (exact) mass is 427 g/mol. The summed E-state index contributed by atoms with van der Waals surface area (Å²) in [6.07, 6.45) is 0. The summed E-state index contributed by atoms with van der Waals surface area (Å²) < 4.78 is 22.1. The third-order valence-electron chi connectivity index (χ3n) is 3.85. The highest BCUT2D eigenvalue weighted by Crippen LogP contribution is 2.39. The normalized spacial score (nSPS) is 9.87. The number of carbonyl (C=O) groups excluding carboxylic acids is 2. The van der Waals surface area contributed by atoms with E-state index in [1.54, 1.807) is 24.3 Å². The fourth-order valence-electron chi connectivity index (χ4n) is 2.58. The second-order valence-corrected chi connectivity index (χ2v) is 6.00. The lowest BCUT2D eigenvalue weighted by molar-refractivity contribution is -0.123. The molecule has 0 aliphatic rings. The van der Waals surface area contributed by atoms with E-state index in [4.69, 9.17) is 24.2 Å². The van der Waals surface area contributed by atoms with Crippen LogP contribution in [0.5, 0.6) is 23.0 Å². The first-order valence-corrected chi connectivity index (χ1v) is 9.81. The maximum absolute atomic E-state index is 12.5. The lowest BCUT2D eigenvalue weighted by atomic mass is 10.1. The van der Waals surface area contributed by atoms with Crippen molar-refractivity contribution >= 4 is 11.8 Å². The smallest absolute Gasteiger partial charge is 0.276 e. The molecule has 0 aromatic heterocycles. The first kappa shape index (κ1) is 23.3. The van der Waals surface area contributed by atoms with Crippen LogP contribution in [0, 0.1) is 11.3 Å². The van der Waals surface area contributed by atoms with Gasteiger partial charge in [0.15, 0.2) is 18.1 Å². The summed E-state index contributed by atoms with van der Waals surface area (Å²) in [7, 11) is 0. The summed E-state index contributed by atoms with van der Waals surface area (Å²) in [5.41, 5.74) is 5.11. The van der Waals surface area contributed by atoms with Crippen molar-refractivity contribution in [2.24, 2.45) is 0 Å². The van der Waals surface area contributed by atoms with Gasteiger partial charge in [0, 0.05) is 5.56 Å². The van der Waals surface area contributed by atoms with Crippen LogP contribution in [0.25, 0.3) is 0 Å². The molecule has 164 valence electrons. The zero-order chi connectivity index (χ0) is 22.6. The van der Waals surface area contributed by atoms with Gasteiger partial charge >= 0.3 is 0 Å². The summed E-state index contributed by atoms with van der Waals surface area (Å²) in [6, 6.07) is 11.5. The van der Waals surface area contributed by atoms with Gasteiger partial charge in [0.1, 0.15) is 11.8 Å². The Balaban J connectivity index is 2.05. The topological polar surface area (TPSA) is 119 Å². The predicted octanol–water partition coefficient (Wildman–Crippen LogP) is 2.59. The molecule has 2 rings (SSSR count). The molecule has 0 bridgehead atoms. The number of nitriles is 1. The van der Waals surface area contributed by atoms with Crippen molar-refractivity contribution < 1.29 is 28.5 Å². The van der Waals surface area contributed by atoms with Crippen molar-refractivity contribution in [2.75, 3.05) is 26.4 Å². The Labute approximate surface area is 180 Å². The molecular formula is C22H25N3O6. The molecule has 0 aliphatic heterocycles. The first-order chi connectivity index (χ1) is 15.0. The molecule has 9 heteroatoms. The zero-order valence-electron chi connectivity index (χ0n) is 17.7. The molecule has 0 unspecified atom stereocenters. The van der Waals surface area contributed by atoms with E-state index < -0.39 is 11.8 Å². The number of nitrogens with one attached hydrogen (secondary N) is 2. The number of hydrogen-bond acceptors (Lipinski definition) is 7. The molecule has 2 aromatic rings. The summed E-state index contributed by atoms with van der Waals surface area (Å²) >= 11 is 0. The van der Waals surface area contributed by atoms with Gasteiger partial charge in [0.25, 0.3) is 11.8 Å². The molecule has 0 fully saturated rings. The van der Waals surface area contributed by atoms with Gasteiger partial charge in [-0.25, -0.2) is 0 Å². The molecule has 0 atom stereocenters. The Bertz CT molecular complexity index is 927. The average molecular weight is 427 g/mol. The van der Waals surface area contributed by atoms with Crippen molar-refractivity contribution in [3.63, 3.8) is 0 Å². The molecular weight excluding hydrogens is 402 g/mol. The summed E-state index contributed by atoms with van der Waals surface area (Å²) in [5.74, 6) is 0.251. The Morgan fingerprint density at radius 2 is 1.48 bits per heavy atom. The van der Waals surface area contributed by atoms with E-state index in [1.165, 1.54) is 12.1 Å². The highest BCUT2D eigenvalue weighted by molar-refractivity contribution is 5.96. The minimum atomic E-state index is -0.595. The minimum Gasteiger partial charge on any atom is -0.490 e. The second-order valence-electron chi connectivity index (χ2n) is 6.00. The molecule has 9 nitrogen and oxygen atoms in total. The van der Waals surface area contributed by atoms with Gasteiger partial charge in [-0.2, -0.15) is 5.26 Å². The third-order valence-corrected chi connectivity index (χ3v) is 3.85. The van der Waals surface area contributed by atoms with Gasteiger partial charge in [-0.05, 0) is 45.0 Å². The summed E-state index contributed by atoms with van der Waals surface area (Å²) in [5, 5.41) is 9.04. The molecule has 2 N–H and O–H groups in total. The largest absolute Gasteiger partial charge is 0.490 e. The van der Waals surface area contributed by atoms with E-state index in [-0.39, 0.29) is 17.9 Å². The first-order valence-electron chi connectivity index (χ1n) is 9.81. The third kappa shape index (κ3) is 6.54. The lowest BCUT2D eigenvalue weighted by Gasteiger charge is -2.17. The number of ether oxygens (including phenoxy) is 4. The maximum Gasteiger partial charge on any atom is 0.276 e. The Hall–Kier alpha value is -3.93. The van der Waals surface area contributed by atoms with Gasteiger partial charge in [-0.15, -0.1) is 0 Å². The number of hydrazine groups is 1. The lowest BCUT2D eigenvalue weighted by Crippen LogP contribution is -2.43. The maximum atomic E-state index is 12.5. The van der Waals surface area contributed by atoms with Gasteiger partial charge in [0.05, 0.1) is 25.4 Å². The second kappa shape index (κ2) is 11.9. The van der Waals surface area contributed by atoms with Crippen molar-refractivity contribution in [2.45, 2.75) is 20.8 Å². The van der Waals surface area contributed by atoms with Crippen LogP contribution in [0.3, 0.4) is 0 Å². The quantitative estimate of drug-likeness (QED) is 0.559. The predicted molar refractivity (Wildman–Crippen MR) is 112 cm³/mol. The number of benzene rings is 2. The Morgan fingerprint density at radius 3 is 2.06 bits per heavy atom. The zero-order valence-corrected chi connectivity index (χ0v) is 17.7. The van der Waals surface area contributed by atoms with Crippen molar-refractivity contribution in [1.82, 2.24) is 10.9 Å². The molecule has 0 saturated heterocycles. The highest BCUT2D eigenvalue weighted by atomic mass is 16.5. The van der Waals surface area contributed by atoms with Gasteiger partial charge in [0.2, 0.25) is 5.75 Å². The van der Waals surface area contributed by atoms with E-state index in [9.17, 15) is 9.59 Å². The van der Waals surface area contributed by atoms with Crippen LogP contribution in [-0.4, -0.2) is 38.2 Å². The van der Waals surface area contributed by atoms with Crippen LogP contribution in [0.4, 0.5) is 0 Å². The Morgan fingerprint density at radius 1 is 0.871 bits per heavy atom. The van der Waals surface area contributed by atoms with Crippen LogP contribution in [0.15, 0.2) is 36.4 Å². The number of nitrogens with zero attached hydrogens (tertiary/aromatic N) is 1. The molecule has 2 aromatic carbocycles. The van der Waals surface area contributed by atoms with E-state index >= 15 is 0 Å². The van der Waals surface area contributed by atoms with Gasteiger partial charge in [-0.1, -0.05) is 12.1 Å². The minimum absolute atomic E-state index is 0.214. The van der Waals surface area contributed by atoms with Crippen molar-refractivity contribution in [1.29, 1.82) is 5.26 Å². The highest BCUT2D eigenvalue weighted by Gasteiger charge is 2.19. The van der Waals surface area contributed by atoms with Crippen LogP contribution in [-0.2, 0) is 4.79 Å². The fourth-order valence-corrected chi connectivity index (χ4v) is 2.58. The standard InChI is InChI=1S/C22H25N3O6/c1-4-28-18-11-16(12-19(29-5-2)21(18)30-6-3)22(27)25-24-20(26)14-31-17-10-8-7-9-15(17)13-23/h7-12H,4-6,14H2,1-3H3,(H,24,26)(H,25,27). The fraction of sp³-hybridized carbons (Fsp3) is 0.318. The van der Waals surface area contributed by atoms with Gasteiger partial charge < -0.3 is 18.9 Å². The number of rotatable bonds is 10. The average Bonchev–Trinajstić information content (AvgIpc) is 2.78. The number of hydrogen-bond donors (Lipinski definition) is 2. The van der Waals surface area contributed by atoms with Crippen LogP contribution < -0.4 is 29.8 Å². The van der Waals surface area contributed by atoms with Crippen LogP contribution in [0.1, 0.15) is 36.7 Å². The molecule has 31 heavy (non-hydrogen) atoms. The van der Waals surface area contributed by atoms with E-state index in [2.05, 4.69) is 10.9 Å². The Kier molecular flexibility index (Phi) is 8.98. The van der Waals surface area contributed by atoms with E-state index in [1.807, 2.05) is 26.8 Å². The molecule has 0 heterocycles. The van der Waals surface area contributed by atoms with E-state index in [0.717, 1.165) is 0 Å². The molecule has 0 saturated carbocycles. The molecule has 0 aliphatic carbocycles. The SMILES string of the molecule is CCOc1cc(C(=O)NNC(=O)COc2ccccc2C#N)cc(OCC)c1OCC. The van der Waals surface area contributed by atoms with Crippen LogP contribution in [0.2, 0.25) is 0 Å². The summed E-state index contributed by atoms with van der Waals surface area (Å²) in [6.45, 7) is 6.22. The van der Waals surface area contributed by atoms with Crippen molar-refractivity contribution in [3.05, 3.63) is 47.5 Å². The van der Waals surface area contributed by atoms with Crippen molar-refractivity contribution in [3.8, 4) is 29.1 Å². The van der Waals surface area contributed by atoms with Gasteiger partial charge in [-0.3, -0.25) is 20.4 Å². The molecule has 2 amide bonds. The molecule has 0 radical (unpaired) electrons. The number of carbonyl (C=O) groups is 2. The van der Waals surface area contributed by atoms with Crippen LogP contribution >= 0.6 is 0 Å². The van der Waals surface area contributed by atoms with E-state index in [0.29, 0.717) is 42.6 Å². The number of para-hydroxylation sites is 1. The number of amides is 2. The summed E-state index contributed by atoms with van der Waals surface area (Å²) in [4.78, 5) is 24.6. The molecule has 0 spiro atoms.